The lowest BCUT2D eigenvalue weighted by Crippen LogP contribution is -2.59. The predicted octanol–water partition coefficient (Wildman–Crippen LogP) is 8.31. The van der Waals surface area contributed by atoms with Gasteiger partial charge < -0.3 is 25.4 Å². The maximum atomic E-state index is 12.8. The van der Waals surface area contributed by atoms with Crippen LogP contribution >= 0.6 is 21.6 Å². The lowest BCUT2D eigenvalue weighted by molar-refractivity contribution is -0.181. The van der Waals surface area contributed by atoms with Crippen molar-refractivity contribution in [1.82, 2.24) is 0 Å². The van der Waals surface area contributed by atoms with Crippen molar-refractivity contribution >= 4 is 27.3 Å². The van der Waals surface area contributed by atoms with Gasteiger partial charge in [0.1, 0.15) is 11.7 Å². The van der Waals surface area contributed by atoms with Gasteiger partial charge in [0, 0.05) is 28.2 Å². The topological polar surface area (TPSA) is 82.0 Å². The average Bonchev–Trinajstić information content (AvgIpc) is 3.65. The van der Waals surface area contributed by atoms with Crippen molar-refractivity contribution in [1.29, 1.82) is 0 Å². The first-order chi connectivity index (χ1) is 22.1. The highest BCUT2D eigenvalue weighted by molar-refractivity contribution is 8.77. The summed E-state index contributed by atoms with van der Waals surface area (Å²) in [6.07, 6.45) is 18.0. The molecule has 7 heteroatoms. The molecule has 5 nitrogen and oxygen atoms in total. The van der Waals surface area contributed by atoms with E-state index >= 15 is 0 Å². The van der Waals surface area contributed by atoms with Gasteiger partial charge in [0.25, 0.3) is 0 Å². The maximum absolute atomic E-state index is 12.8. The molecule has 0 saturated heterocycles. The monoisotopic (exact) mass is 665 g/mol. The number of aliphatic hydroxyl groups is 3. The van der Waals surface area contributed by atoms with Crippen molar-refractivity contribution in [3.8, 4) is 0 Å². The number of ether oxygens (including phenoxy) is 1. The first kappa shape index (κ1) is 31.1. The molecule has 4 N–H and O–H groups in total. The Kier molecular flexibility index (Phi) is 7.16. The Hall–Kier alpha value is -0.860. The van der Waals surface area contributed by atoms with Crippen LogP contribution in [-0.2, 0) is 11.2 Å². The summed E-state index contributed by atoms with van der Waals surface area (Å²) in [6.45, 7) is 4.98. The van der Waals surface area contributed by atoms with Crippen molar-refractivity contribution in [3.63, 3.8) is 0 Å². The molecule has 1 aromatic carbocycles. The number of hydrogen-bond acceptors (Lipinski definition) is 7. The summed E-state index contributed by atoms with van der Waals surface area (Å²) >= 11 is 0. The zero-order valence-corrected chi connectivity index (χ0v) is 29.7. The van der Waals surface area contributed by atoms with E-state index in [1.807, 2.05) is 6.08 Å². The Morgan fingerprint density at radius 2 is 1.78 bits per heavy atom. The van der Waals surface area contributed by atoms with E-state index in [-0.39, 0.29) is 39.1 Å². The second kappa shape index (κ2) is 10.6. The summed E-state index contributed by atoms with van der Waals surface area (Å²) in [5.74, 6) is 2.28. The molecular formula is C39H55NO4S2. The predicted molar refractivity (Wildman–Crippen MR) is 188 cm³/mol. The molecule has 6 saturated carbocycles. The molecule has 1 aromatic rings. The zero-order chi connectivity index (χ0) is 31.7. The van der Waals surface area contributed by atoms with Crippen molar-refractivity contribution < 1.29 is 20.1 Å². The molecule has 8 aliphatic rings. The lowest BCUT2D eigenvalue weighted by Gasteiger charge is -2.57. The molecule has 0 aromatic heterocycles. The third-order valence-electron chi connectivity index (χ3n) is 16.2. The van der Waals surface area contributed by atoms with Gasteiger partial charge in [-0.25, -0.2) is 0 Å². The normalized spacial score (nSPS) is 51.8. The third-order valence-corrected chi connectivity index (χ3v) is 20.2. The van der Waals surface area contributed by atoms with Gasteiger partial charge in [-0.05, 0) is 129 Å². The zero-order valence-electron chi connectivity index (χ0n) is 28.0. The van der Waals surface area contributed by atoms with Gasteiger partial charge in [0.15, 0.2) is 0 Å². The standard InChI is InChI=1S/C39H55NO4S2/c1-35-20-24-13-16-37(36(35,2)32(24)33-29(42)19-31(44-3)39(33,35)43)21-25-17-23-9-7-10-26(18-23)40-34-28(41)11-8-12-30(34)45-46-38(27(25)22-37)14-5-4-6-15-38/h7,9-10,18-19,24-25,27-28,30-34,40-43H,4-6,8,11-17,20-22H2,1-3H3. The van der Waals surface area contributed by atoms with Crippen LogP contribution < -0.4 is 5.32 Å². The molecule has 0 amide bonds. The molecule has 252 valence electrons. The highest BCUT2D eigenvalue weighted by Gasteiger charge is 2.86. The fourth-order valence-electron chi connectivity index (χ4n) is 14.3. The number of nitrogens with one attached hydrogen (secondary N) is 1. The highest BCUT2D eigenvalue weighted by Crippen LogP contribution is 2.87. The van der Waals surface area contributed by atoms with Crippen LogP contribution in [0.5, 0.6) is 0 Å². The van der Waals surface area contributed by atoms with Gasteiger partial charge in [0.05, 0.1) is 23.8 Å². The Bertz CT molecular complexity index is 1410. The fourth-order valence-corrected chi connectivity index (χ4v) is 18.6. The summed E-state index contributed by atoms with van der Waals surface area (Å²) < 4.78 is 6.24. The van der Waals surface area contributed by atoms with Gasteiger partial charge in [-0.1, -0.05) is 66.8 Å². The Morgan fingerprint density at radius 1 is 0.957 bits per heavy atom. The van der Waals surface area contributed by atoms with E-state index in [0.717, 1.165) is 37.8 Å². The van der Waals surface area contributed by atoms with Crippen molar-refractivity contribution in [2.24, 2.45) is 45.8 Å². The van der Waals surface area contributed by atoms with Gasteiger partial charge in [0.2, 0.25) is 0 Å². The number of rotatable bonds is 1. The van der Waals surface area contributed by atoms with Crippen molar-refractivity contribution in [2.75, 3.05) is 12.4 Å². The van der Waals surface area contributed by atoms with E-state index < -0.39 is 11.7 Å². The number of anilines is 1. The maximum Gasteiger partial charge on any atom is 0.110 e. The van der Waals surface area contributed by atoms with Crippen LogP contribution in [0.25, 0.3) is 0 Å². The van der Waals surface area contributed by atoms with E-state index in [4.69, 9.17) is 4.74 Å². The number of hydrogen-bond donors (Lipinski definition) is 4. The molecule has 13 atom stereocenters. The van der Waals surface area contributed by atoms with E-state index in [1.54, 1.807) is 7.11 Å². The van der Waals surface area contributed by atoms with Gasteiger partial charge in [-0.15, -0.1) is 0 Å². The minimum Gasteiger partial charge on any atom is -0.512 e. The van der Waals surface area contributed by atoms with E-state index in [1.165, 1.54) is 63.4 Å². The largest absolute Gasteiger partial charge is 0.512 e. The van der Waals surface area contributed by atoms with Crippen LogP contribution in [-0.4, -0.2) is 56.3 Å². The van der Waals surface area contributed by atoms with Crippen molar-refractivity contribution in [3.05, 3.63) is 41.7 Å². The summed E-state index contributed by atoms with van der Waals surface area (Å²) in [6, 6.07) is 9.26. The molecule has 46 heavy (non-hydrogen) atoms. The number of benzene rings is 1. The fraction of sp³-hybridized carbons (Fsp3) is 0.795. The second-order valence-corrected chi connectivity index (χ2v) is 20.4. The third kappa shape index (κ3) is 3.85. The van der Waals surface area contributed by atoms with E-state index in [0.29, 0.717) is 34.7 Å². The Labute approximate surface area is 283 Å². The molecule has 0 radical (unpaired) electrons. The Morgan fingerprint density at radius 3 is 2.59 bits per heavy atom. The smallest absolute Gasteiger partial charge is 0.110 e. The molecule has 1 aliphatic heterocycles. The summed E-state index contributed by atoms with van der Waals surface area (Å²) in [5.41, 5.74) is 1.32. The van der Waals surface area contributed by atoms with Crippen LogP contribution in [0, 0.1) is 45.8 Å². The molecule has 1 heterocycles. The summed E-state index contributed by atoms with van der Waals surface area (Å²) in [5, 5.41) is 39.8. The summed E-state index contributed by atoms with van der Waals surface area (Å²) in [4.78, 5) is 0. The minimum atomic E-state index is -1.05. The highest BCUT2D eigenvalue weighted by atomic mass is 33.1. The average molecular weight is 666 g/mol. The number of fused-ring (bicyclic) bond motifs is 7. The minimum absolute atomic E-state index is 0.0576. The molecular weight excluding hydrogens is 611 g/mol. The van der Waals surface area contributed by atoms with Crippen LogP contribution in [0.1, 0.15) is 103 Å². The van der Waals surface area contributed by atoms with Crippen LogP contribution in [0.2, 0.25) is 0 Å². The SMILES string of the molecule is COC1C=C(O)C2C3C4CCC5(CC6Cc7cccc(c7)NC7C(O)CCCC7SSC7(CCCCC7)C6C5)C3(C)C(C)(C4)C12O. The number of methoxy groups -OCH3 is 1. The van der Waals surface area contributed by atoms with Crippen LogP contribution in [0.15, 0.2) is 36.1 Å². The molecule has 6 bridgehead atoms. The van der Waals surface area contributed by atoms with Gasteiger partial charge in [-0.2, -0.15) is 0 Å². The lowest BCUT2D eigenvalue weighted by atomic mass is 9.48. The molecule has 2 spiro atoms. The first-order valence-electron chi connectivity index (χ1n) is 18.6. The second-order valence-electron chi connectivity index (χ2n) is 17.6. The van der Waals surface area contributed by atoms with Crippen LogP contribution in [0.3, 0.4) is 0 Å². The van der Waals surface area contributed by atoms with Crippen LogP contribution in [0.4, 0.5) is 5.69 Å². The van der Waals surface area contributed by atoms with Gasteiger partial charge in [-0.3, -0.25) is 0 Å². The van der Waals surface area contributed by atoms with Crippen molar-refractivity contribution in [2.45, 2.75) is 138 Å². The molecule has 7 aliphatic carbocycles. The summed E-state index contributed by atoms with van der Waals surface area (Å²) in [7, 11) is 6.07. The molecule has 9 rings (SSSR count). The van der Waals surface area contributed by atoms with E-state index in [9.17, 15) is 15.3 Å². The quantitative estimate of drug-likeness (QED) is 0.225. The Balaban J connectivity index is 1.16. The first-order valence-corrected chi connectivity index (χ1v) is 20.8. The van der Waals surface area contributed by atoms with E-state index in [2.05, 4.69) is 65.0 Å². The van der Waals surface area contributed by atoms with Gasteiger partial charge >= 0.3 is 0 Å². The number of aliphatic hydroxyl groups excluding tert-OH is 2. The molecule has 6 fully saturated rings. The molecule has 13 unspecified atom stereocenters.